The van der Waals surface area contributed by atoms with Crippen molar-refractivity contribution in [2.24, 2.45) is 5.73 Å². The molecule has 1 rings (SSSR count). The number of aryl methyl sites for hydroxylation is 1. The Hall–Kier alpha value is -0.640. The number of nitrogens with two attached hydrogens (primary N) is 1. The van der Waals surface area contributed by atoms with E-state index in [0.717, 1.165) is 12.8 Å². The van der Waals surface area contributed by atoms with Crippen molar-refractivity contribution in [3.63, 3.8) is 0 Å². The molecular formula is C12H19ClNO3P. The molecule has 1 aromatic rings. The standard InChI is InChI=1S/C12H18NO3P.ClH/c13-12(7-4-10-17(14,15)16)9-8-11-5-2-1-3-6-11;/h1-7,12H,8-10,13H2,(H2,14,15,16);1H/b7-4+;/t12-;/m1./s1. The molecule has 0 amide bonds. The summed E-state index contributed by atoms with van der Waals surface area (Å²) in [5.41, 5.74) is 7.03. The van der Waals surface area contributed by atoms with Gasteiger partial charge in [-0.05, 0) is 18.4 Å². The molecule has 102 valence electrons. The average molecular weight is 292 g/mol. The van der Waals surface area contributed by atoms with E-state index in [1.165, 1.54) is 11.6 Å². The number of rotatable bonds is 6. The SMILES string of the molecule is Cl.N[C@H](/C=C/CP(=O)(O)O)CCc1ccccc1. The summed E-state index contributed by atoms with van der Waals surface area (Å²) in [5.74, 6) is 0. The molecule has 6 heteroatoms. The van der Waals surface area contributed by atoms with Crippen LogP contribution in [0.4, 0.5) is 0 Å². The molecule has 0 heterocycles. The van der Waals surface area contributed by atoms with Crippen LogP contribution < -0.4 is 5.73 Å². The largest absolute Gasteiger partial charge is 0.329 e. The van der Waals surface area contributed by atoms with Crippen LogP contribution in [-0.4, -0.2) is 22.0 Å². The Morgan fingerprint density at radius 2 is 1.89 bits per heavy atom. The van der Waals surface area contributed by atoms with E-state index in [0.29, 0.717) is 0 Å². The molecule has 0 saturated heterocycles. The summed E-state index contributed by atoms with van der Waals surface area (Å²) < 4.78 is 10.6. The molecule has 4 nitrogen and oxygen atoms in total. The lowest BCUT2D eigenvalue weighted by molar-refractivity contribution is 0.377. The molecule has 0 aliphatic carbocycles. The topological polar surface area (TPSA) is 83.6 Å². The van der Waals surface area contributed by atoms with Crippen molar-refractivity contribution in [3.8, 4) is 0 Å². The maximum atomic E-state index is 10.6. The van der Waals surface area contributed by atoms with Gasteiger partial charge in [-0.2, -0.15) is 0 Å². The fourth-order valence-electron chi connectivity index (χ4n) is 1.45. The minimum absolute atomic E-state index is 0. The summed E-state index contributed by atoms with van der Waals surface area (Å²) in [6, 6.07) is 9.82. The smallest absolute Gasteiger partial charge is 0.324 e. The Morgan fingerprint density at radius 3 is 2.44 bits per heavy atom. The van der Waals surface area contributed by atoms with Gasteiger partial charge in [0.05, 0.1) is 6.16 Å². The van der Waals surface area contributed by atoms with Crippen LogP contribution in [0.5, 0.6) is 0 Å². The Kier molecular flexibility index (Phi) is 8.16. The minimum atomic E-state index is -3.94. The highest BCUT2D eigenvalue weighted by Crippen LogP contribution is 2.33. The van der Waals surface area contributed by atoms with Gasteiger partial charge in [0, 0.05) is 6.04 Å². The van der Waals surface area contributed by atoms with Gasteiger partial charge >= 0.3 is 7.60 Å². The molecule has 0 aliphatic rings. The number of hydrogen-bond acceptors (Lipinski definition) is 2. The lowest BCUT2D eigenvalue weighted by atomic mass is 10.1. The molecule has 0 fully saturated rings. The van der Waals surface area contributed by atoms with E-state index in [1.54, 1.807) is 6.08 Å². The average Bonchev–Trinajstić information content (AvgIpc) is 2.26. The fraction of sp³-hybridized carbons (Fsp3) is 0.333. The first kappa shape index (κ1) is 17.4. The molecule has 4 N–H and O–H groups in total. The highest BCUT2D eigenvalue weighted by atomic mass is 35.5. The third-order valence-electron chi connectivity index (χ3n) is 2.34. The van der Waals surface area contributed by atoms with E-state index in [-0.39, 0.29) is 24.6 Å². The van der Waals surface area contributed by atoms with Crippen LogP contribution in [0.25, 0.3) is 0 Å². The van der Waals surface area contributed by atoms with E-state index in [4.69, 9.17) is 15.5 Å². The van der Waals surface area contributed by atoms with Crippen molar-refractivity contribution in [1.82, 2.24) is 0 Å². The second-order valence-corrected chi connectivity index (χ2v) is 5.66. The van der Waals surface area contributed by atoms with Gasteiger partial charge in [-0.15, -0.1) is 12.4 Å². The third kappa shape index (κ3) is 8.45. The maximum absolute atomic E-state index is 10.6. The lowest BCUT2D eigenvalue weighted by Crippen LogP contribution is -2.17. The molecule has 0 bridgehead atoms. The zero-order valence-electron chi connectivity index (χ0n) is 9.98. The molecule has 0 saturated carbocycles. The Morgan fingerprint density at radius 1 is 1.28 bits per heavy atom. The number of halogens is 1. The van der Waals surface area contributed by atoms with Crippen molar-refractivity contribution < 1.29 is 14.4 Å². The number of allylic oxidation sites excluding steroid dienone is 1. The zero-order chi connectivity index (χ0) is 12.7. The van der Waals surface area contributed by atoms with Gasteiger partial charge in [0.2, 0.25) is 0 Å². The van der Waals surface area contributed by atoms with Crippen LogP contribution in [0.1, 0.15) is 12.0 Å². The molecule has 0 aromatic heterocycles. The summed E-state index contributed by atoms with van der Waals surface area (Å²) in [6.07, 6.45) is 4.49. The third-order valence-corrected chi connectivity index (χ3v) is 3.02. The summed E-state index contributed by atoms with van der Waals surface area (Å²) in [4.78, 5) is 17.3. The first-order chi connectivity index (χ1) is 7.97. The summed E-state index contributed by atoms with van der Waals surface area (Å²) in [6.45, 7) is 0. The first-order valence-electron chi connectivity index (χ1n) is 5.48. The van der Waals surface area contributed by atoms with Crippen LogP contribution in [-0.2, 0) is 11.0 Å². The Labute approximate surface area is 113 Å². The van der Waals surface area contributed by atoms with E-state index < -0.39 is 7.60 Å². The predicted octanol–water partition coefficient (Wildman–Crippen LogP) is 2.10. The molecule has 1 atom stereocenters. The van der Waals surface area contributed by atoms with Gasteiger partial charge in [0.1, 0.15) is 0 Å². The van der Waals surface area contributed by atoms with Crippen molar-refractivity contribution in [3.05, 3.63) is 48.0 Å². The van der Waals surface area contributed by atoms with Crippen molar-refractivity contribution in [2.75, 3.05) is 6.16 Å². The maximum Gasteiger partial charge on any atom is 0.329 e. The van der Waals surface area contributed by atoms with Crippen LogP contribution in [0.2, 0.25) is 0 Å². The molecular weight excluding hydrogens is 273 g/mol. The molecule has 0 radical (unpaired) electrons. The normalized spacial score (nSPS) is 13.3. The second kappa shape index (κ2) is 8.46. The summed E-state index contributed by atoms with van der Waals surface area (Å²) in [5, 5.41) is 0. The van der Waals surface area contributed by atoms with Gasteiger partial charge in [0.25, 0.3) is 0 Å². The minimum Gasteiger partial charge on any atom is -0.324 e. The van der Waals surface area contributed by atoms with E-state index in [2.05, 4.69) is 0 Å². The first-order valence-corrected chi connectivity index (χ1v) is 7.28. The van der Waals surface area contributed by atoms with Crippen molar-refractivity contribution in [1.29, 1.82) is 0 Å². The van der Waals surface area contributed by atoms with Gasteiger partial charge < -0.3 is 15.5 Å². The van der Waals surface area contributed by atoms with Crippen LogP contribution in [0.3, 0.4) is 0 Å². The van der Waals surface area contributed by atoms with Crippen molar-refractivity contribution in [2.45, 2.75) is 18.9 Å². The van der Waals surface area contributed by atoms with Crippen LogP contribution >= 0.6 is 20.0 Å². The lowest BCUT2D eigenvalue weighted by Gasteiger charge is -2.06. The van der Waals surface area contributed by atoms with E-state index in [1.807, 2.05) is 30.3 Å². The highest BCUT2D eigenvalue weighted by Gasteiger charge is 2.09. The van der Waals surface area contributed by atoms with Gasteiger partial charge in [-0.3, -0.25) is 4.57 Å². The molecule has 1 aromatic carbocycles. The fourth-order valence-corrected chi connectivity index (χ4v) is 1.84. The van der Waals surface area contributed by atoms with Crippen LogP contribution in [0, 0.1) is 0 Å². The number of benzene rings is 1. The van der Waals surface area contributed by atoms with Gasteiger partial charge in [-0.25, -0.2) is 0 Å². The number of hydrogen-bond donors (Lipinski definition) is 3. The Balaban J connectivity index is 0.00000289. The molecule has 0 unspecified atom stereocenters. The van der Waals surface area contributed by atoms with Gasteiger partial charge in [0.15, 0.2) is 0 Å². The highest BCUT2D eigenvalue weighted by molar-refractivity contribution is 7.51. The predicted molar refractivity (Wildman–Crippen MR) is 76.0 cm³/mol. The van der Waals surface area contributed by atoms with E-state index in [9.17, 15) is 4.57 Å². The molecule has 18 heavy (non-hydrogen) atoms. The molecule has 0 aliphatic heterocycles. The summed E-state index contributed by atoms with van der Waals surface area (Å²) >= 11 is 0. The van der Waals surface area contributed by atoms with Crippen molar-refractivity contribution >= 4 is 20.0 Å². The van der Waals surface area contributed by atoms with Gasteiger partial charge in [-0.1, -0.05) is 42.5 Å². The second-order valence-electron chi connectivity index (χ2n) is 3.96. The Bertz CT molecular complexity index is 405. The van der Waals surface area contributed by atoms with E-state index >= 15 is 0 Å². The van der Waals surface area contributed by atoms with Crippen LogP contribution in [0.15, 0.2) is 42.5 Å². The quantitative estimate of drug-likeness (QED) is 0.553. The molecule has 0 spiro atoms. The summed E-state index contributed by atoms with van der Waals surface area (Å²) in [7, 11) is -3.94. The zero-order valence-corrected chi connectivity index (χ0v) is 11.7. The monoisotopic (exact) mass is 291 g/mol.